The molecule has 0 unspecified atom stereocenters. The van der Waals surface area contributed by atoms with Crippen LogP contribution in [0.1, 0.15) is 27.2 Å². The Balaban J connectivity index is 1.31. The van der Waals surface area contributed by atoms with Crippen molar-refractivity contribution in [1.29, 1.82) is 0 Å². The topological polar surface area (TPSA) is 92.0 Å². The highest BCUT2D eigenvalue weighted by Crippen LogP contribution is 2.15. The second kappa shape index (κ2) is 10.9. The van der Waals surface area contributed by atoms with Crippen LogP contribution in [0.4, 0.5) is 5.69 Å². The highest BCUT2D eigenvalue weighted by molar-refractivity contribution is 5.94. The summed E-state index contributed by atoms with van der Waals surface area (Å²) in [6.45, 7) is 2.55. The molecule has 1 aromatic heterocycles. The molecule has 3 aromatic rings. The van der Waals surface area contributed by atoms with Gasteiger partial charge in [-0.2, -0.15) is 0 Å². The third kappa shape index (κ3) is 5.86. The number of amides is 1. The minimum absolute atomic E-state index is 0.00524. The van der Waals surface area contributed by atoms with E-state index < -0.39 is 11.2 Å². The first kappa shape index (κ1) is 22.7. The maximum absolute atomic E-state index is 12.5. The number of hydrogen-bond acceptors (Lipinski definition) is 6. The van der Waals surface area contributed by atoms with Gasteiger partial charge in [0, 0.05) is 41.5 Å². The van der Waals surface area contributed by atoms with Crippen LogP contribution in [0.5, 0.6) is 5.75 Å². The minimum atomic E-state index is -0.479. The molecule has 2 aromatic carbocycles. The van der Waals surface area contributed by atoms with Crippen molar-refractivity contribution >= 4 is 11.6 Å². The van der Waals surface area contributed by atoms with E-state index in [0.29, 0.717) is 31.9 Å². The highest BCUT2D eigenvalue weighted by atomic mass is 16.5. The summed E-state index contributed by atoms with van der Waals surface area (Å²) in [4.78, 5) is 25.7. The van der Waals surface area contributed by atoms with E-state index in [1.54, 1.807) is 17.0 Å². The van der Waals surface area contributed by atoms with Gasteiger partial charge in [-0.3, -0.25) is 9.59 Å². The third-order valence-electron chi connectivity index (χ3n) is 5.17. The van der Waals surface area contributed by atoms with Crippen LogP contribution in [0.15, 0.2) is 70.1 Å². The zero-order chi connectivity index (χ0) is 23.8. The normalized spacial score (nSPS) is 12.6. The molecule has 170 valence electrons. The van der Waals surface area contributed by atoms with Crippen LogP contribution in [0.2, 0.25) is 0 Å². The Bertz CT molecular complexity index is 1330. The van der Waals surface area contributed by atoms with Crippen LogP contribution < -0.4 is 10.7 Å². The number of benzene rings is 2. The first-order valence-corrected chi connectivity index (χ1v) is 10.7. The summed E-state index contributed by atoms with van der Waals surface area (Å²) in [7, 11) is 0. The lowest BCUT2D eigenvalue weighted by Crippen LogP contribution is -2.40. The number of morpholine rings is 1. The van der Waals surface area contributed by atoms with Crippen molar-refractivity contribution in [3.8, 4) is 29.4 Å². The molecule has 1 aliphatic heterocycles. The average Bonchev–Trinajstić information content (AvgIpc) is 2.89. The number of rotatable bonds is 4. The van der Waals surface area contributed by atoms with Gasteiger partial charge in [0.05, 0.1) is 26.0 Å². The Labute approximate surface area is 197 Å². The molecule has 0 bridgehead atoms. The standard InChI is InChI=1S/C27H22N2O5/c30-24-13-16-34-25(26(24)31)19-28-23-11-7-21(8-12-23)4-2-1-3-20-5-9-22(10-6-20)27(32)29-14-17-33-18-15-29/h5-13,16,28,31H,14-15,17-19H2. The van der Waals surface area contributed by atoms with Gasteiger partial charge >= 0.3 is 0 Å². The molecule has 2 N–H and O–H groups in total. The molecule has 0 radical (unpaired) electrons. The highest BCUT2D eigenvalue weighted by Gasteiger charge is 2.18. The van der Waals surface area contributed by atoms with Crippen LogP contribution in [-0.4, -0.2) is 42.2 Å². The number of anilines is 1. The number of nitrogens with one attached hydrogen (secondary N) is 1. The van der Waals surface area contributed by atoms with Gasteiger partial charge < -0.3 is 24.5 Å². The fraction of sp³-hybridized carbons (Fsp3) is 0.185. The number of carbonyl (C=O) groups excluding carboxylic acids is 1. The van der Waals surface area contributed by atoms with Gasteiger partial charge in [0.15, 0.2) is 5.76 Å². The van der Waals surface area contributed by atoms with Crippen molar-refractivity contribution in [2.24, 2.45) is 0 Å². The Hall–Kier alpha value is -4.46. The van der Waals surface area contributed by atoms with Crippen molar-refractivity contribution in [1.82, 2.24) is 4.90 Å². The van der Waals surface area contributed by atoms with Crippen molar-refractivity contribution < 1.29 is 19.1 Å². The van der Waals surface area contributed by atoms with Gasteiger partial charge in [-0.1, -0.05) is 11.8 Å². The van der Waals surface area contributed by atoms with E-state index in [-0.39, 0.29) is 18.2 Å². The SMILES string of the molecule is O=C(c1ccc(C#CC#Cc2ccc(NCc3occc(=O)c3O)cc2)cc1)N1CCOCC1. The largest absolute Gasteiger partial charge is 0.502 e. The van der Waals surface area contributed by atoms with Crippen molar-refractivity contribution in [2.75, 3.05) is 31.6 Å². The quantitative estimate of drug-likeness (QED) is 0.589. The maximum atomic E-state index is 12.5. The number of ether oxygens (including phenoxy) is 1. The smallest absolute Gasteiger partial charge is 0.254 e. The Morgan fingerprint density at radius 3 is 2.21 bits per heavy atom. The van der Waals surface area contributed by atoms with Crippen LogP contribution in [0, 0.1) is 23.7 Å². The van der Waals surface area contributed by atoms with Gasteiger partial charge in [-0.25, -0.2) is 0 Å². The second-order valence-electron chi connectivity index (χ2n) is 7.47. The predicted molar refractivity (Wildman–Crippen MR) is 127 cm³/mol. The molecule has 7 nitrogen and oxygen atoms in total. The van der Waals surface area contributed by atoms with Crippen molar-refractivity contribution in [3.05, 3.63) is 93.5 Å². The Morgan fingerprint density at radius 2 is 1.56 bits per heavy atom. The molecule has 1 saturated heterocycles. The van der Waals surface area contributed by atoms with Crippen LogP contribution in [-0.2, 0) is 11.3 Å². The van der Waals surface area contributed by atoms with Crippen LogP contribution in [0.25, 0.3) is 0 Å². The third-order valence-corrected chi connectivity index (χ3v) is 5.17. The lowest BCUT2D eigenvalue weighted by atomic mass is 10.1. The maximum Gasteiger partial charge on any atom is 0.254 e. The molecule has 4 rings (SSSR count). The minimum Gasteiger partial charge on any atom is -0.502 e. The van der Waals surface area contributed by atoms with E-state index in [2.05, 4.69) is 29.0 Å². The summed E-state index contributed by atoms with van der Waals surface area (Å²) in [5.41, 5.74) is 2.52. The lowest BCUT2D eigenvalue weighted by Gasteiger charge is -2.26. The molecule has 0 atom stereocenters. The molecule has 2 heterocycles. The summed E-state index contributed by atoms with van der Waals surface area (Å²) in [5, 5.41) is 12.8. The van der Waals surface area contributed by atoms with E-state index in [9.17, 15) is 14.7 Å². The van der Waals surface area contributed by atoms with Gasteiger partial charge in [0.1, 0.15) is 0 Å². The Morgan fingerprint density at radius 1 is 0.941 bits per heavy atom. The molecular weight excluding hydrogens is 432 g/mol. The van der Waals surface area contributed by atoms with E-state index in [0.717, 1.165) is 22.9 Å². The van der Waals surface area contributed by atoms with Gasteiger partial charge in [0.2, 0.25) is 11.2 Å². The molecule has 0 aliphatic carbocycles. The molecular formula is C27H22N2O5. The molecule has 1 amide bonds. The zero-order valence-corrected chi connectivity index (χ0v) is 18.3. The van der Waals surface area contributed by atoms with Crippen molar-refractivity contribution in [2.45, 2.75) is 6.54 Å². The van der Waals surface area contributed by atoms with Crippen molar-refractivity contribution in [3.63, 3.8) is 0 Å². The van der Waals surface area contributed by atoms with Crippen LogP contribution in [0.3, 0.4) is 0 Å². The summed E-state index contributed by atoms with van der Waals surface area (Å²) in [5.74, 6) is 11.4. The zero-order valence-electron chi connectivity index (χ0n) is 18.3. The fourth-order valence-corrected chi connectivity index (χ4v) is 3.28. The van der Waals surface area contributed by atoms with E-state index in [1.807, 2.05) is 36.4 Å². The number of aromatic hydroxyl groups is 1. The Kier molecular flexibility index (Phi) is 7.29. The number of carbonyl (C=O) groups is 1. The molecule has 1 aliphatic rings. The summed E-state index contributed by atoms with van der Waals surface area (Å²) in [6, 6.07) is 15.7. The fourth-order valence-electron chi connectivity index (χ4n) is 3.28. The predicted octanol–water partition coefficient (Wildman–Crippen LogP) is 2.83. The van der Waals surface area contributed by atoms with Gasteiger partial charge in [-0.15, -0.1) is 0 Å². The first-order valence-electron chi connectivity index (χ1n) is 10.7. The van der Waals surface area contributed by atoms with Crippen LogP contribution >= 0.6 is 0 Å². The summed E-state index contributed by atoms with van der Waals surface area (Å²) >= 11 is 0. The first-order chi connectivity index (χ1) is 16.6. The molecule has 34 heavy (non-hydrogen) atoms. The molecule has 0 spiro atoms. The molecule has 1 fully saturated rings. The van der Waals surface area contributed by atoms with E-state index in [1.165, 1.54) is 6.26 Å². The lowest BCUT2D eigenvalue weighted by molar-refractivity contribution is 0.0303. The number of hydrogen-bond donors (Lipinski definition) is 2. The molecule has 7 heteroatoms. The summed E-state index contributed by atoms with van der Waals surface area (Å²) < 4.78 is 10.4. The number of nitrogens with zero attached hydrogens (tertiary/aromatic N) is 1. The van der Waals surface area contributed by atoms with Gasteiger partial charge in [0.25, 0.3) is 5.91 Å². The summed E-state index contributed by atoms with van der Waals surface area (Å²) in [6.07, 6.45) is 1.25. The van der Waals surface area contributed by atoms with E-state index in [4.69, 9.17) is 9.15 Å². The second-order valence-corrected chi connectivity index (χ2v) is 7.47. The molecule has 0 saturated carbocycles. The monoisotopic (exact) mass is 454 g/mol. The average molecular weight is 454 g/mol. The van der Waals surface area contributed by atoms with E-state index >= 15 is 0 Å². The van der Waals surface area contributed by atoms with Gasteiger partial charge in [-0.05, 0) is 60.4 Å².